The molecule has 1 amide bonds. The monoisotopic (exact) mass is 231 g/mol. The highest BCUT2D eigenvalue weighted by atomic mass is 35.5. The van der Waals surface area contributed by atoms with Crippen LogP contribution in [-0.2, 0) is 4.79 Å². The Bertz CT molecular complexity index is 367. The lowest BCUT2D eigenvalue weighted by Gasteiger charge is -2.19. The van der Waals surface area contributed by atoms with Gasteiger partial charge in [-0.05, 0) is 0 Å². The summed E-state index contributed by atoms with van der Waals surface area (Å²) in [4.78, 5) is 17.1. The molecule has 76 valence electrons. The van der Waals surface area contributed by atoms with Crippen LogP contribution in [0.4, 0.5) is 0 Å². The average molecular weight is 232 g/mol. The molecule has 1 fully saturated rings. The molecule has 2 atom stereocenters. The van der Waals surface area contributed by atoms with E-state index in [1.807, 2.05) is 0 Å². The molecule has 2 N–H and O–H groups in total. The van der Waals surface area contributed by atoms with Crippen LogP contribution in [0.1, 0.15) is 17.5 Å². The van der Waals surface area contributed by atoms with E-state index in [0.717, 1.165) is 5.01 Å². The molecular formula is C8H10ClN3OS. The van der Waals surface area contributed by atoms with Gasteiger partial charge in [0.15, 0.2) is 0 Å². The first-order chi connectivity index (χ1) is 6.59. The molecule has 1 saturated heterocycles. The number of amides is 1. The summed E-state index contributed by atoms with van der Waals surface area (Å²) in [6.45, 7) is 0. The number of carbonyl (C=O) groups is 1. The maximum absolute atomic E-state index is 11.4. The third kappa shape index (κ3) is 1.51. The summed E-state index contributed by atoms with van der Waals surface area (Å²) in [5.74, 6) is 0.0637. The standard InChI is InChI=1S/C8H10ClN3OS/c1-12-6(13)2-4(10)7(12)8-11-3-5(9)14-8/h3-4,7H,2,10H2,1H3. The predicted octanol–water partition coefficient (Wildman–Crippen LogP) is 1.03. The van der Waals surface area contributed by atoms with Crippen LogP contribution in [0.2, 0.25) is 4.34 Å². The molecule has 0 aromatic carbocycles. The van der Waals surface area contributed by atoms with Gasteiger partial charge in [-0.1, -0.05) is 11.6 Å². The molecule has 1 aromatic heterocycles. The summed E-state index contributed by atoms with van der Waals surface area (Å²) in [6.07, 6.45) is 1.98. The smallest absolute Gasteiger partial charge is 0.224 e. The second-order valence-electron chi connectivity index (χ2n) is 3.32. The Morgan fingerprint density at radius 3 is 2.93 bits per heavy atom. The molecule has 1 aliphatic rings. The van der Waals surface area contributed by atoms with Crippen LogP contribution in [0.25, 0.3) is 0 Å². The first-order valence-electron chi connectivity index (χ1n) is 4.22. The fourth-order valence-electron chi connectivity index (χ4n) is 1.65. The highest BCUT2D eigenvalue weighted by Crippen LogP contribution is 2.34. The van der Waals surface area contributed by atoms with Crippen molar-refractivity contribution in [1.82, 2.24) is 9.88 Å². The van der Waals surface area contributed by atoms with Crippen molar-refractivity contribution in [3.05, 3.63) is 15.5 Å². The molecule has 2 rings (SSSR count). The second kappa shape index (κ2) is 3.49. The number of halogens is 1. The Balaban J connectivity index is 2.30. The van der Waals surface area contributed by atoms with Gasteiger partial charge in [0.05, 0.1) is 12.2 Å². The summed E-state index contributed by atoms with van der Waals surface area (Å²) < 4.78 is 0.625. The molecule has 0 spiro atoms. The van der Waals surface area contributed by atoms with Crippen LogP contribution < -0.4 is 5.73 Å². The number of rotatable bonds is 1. The number of nitrogens with zero attached hydrogens (tertiary/aromatic N) is 2. The molecule has 14 heavy (non-hydrogen) atoms. The molecule has 0 radical (unpaired) electrons. The lowest BCUT2D eigenvalue weighted by molar-refractivity contribution is -0.127. The lowest BCUT2D eigenvalue weighted by atomic mass is 10.1. The number of hydrogen-bond donors (Lipinski definition) is 1. The normalized spacial score (nSPS) is 27.4. The minimum Gasteiger partial charge on any atom is -0.335 e. The zero-order valence-corrected chi connectivity index (χ0v) is 9.18. The predicted molar refractivity (Wildman–Crippen MR) is 55.2 cm³/mol. The molecule has 2 heterocycles. The Labute approximate surface area is 90.7 Å². The molecule has 1 aliphatic heterocycles. The number of carbonyl (C=O) groups excluding carboxylic acids is 1. The van der Waals surface area contributed by atoms with Crippen LogP contribution in [0, 0.1) is 0 Å². The van der Waals surface area contributed by atoms with Crippen molar-refractivity contribution in [3.63, 3.8) is 0 Å². The van der Waals surface area contributed by atoms with E-state index in [4.69, 9.17) is 17.3 Å². The number of hydrogen-bond acceptors (Lipinski definition) is 4. The zero-order valence-electron chi connectivity index (χ0n) is 7.61. The fraction of sp³-hybridized carbons (Fsp3) is 0.500. The van der Waals surface area contributed by atoms with Crippen molar-refractivity contribution in [2.75, 3.05) is 7.05 Å². The summed E-state index contributed by atoms with van der Waals surface area (Å²) in [5.41, 5.74) is 5.86. The Morgan fingerprint density at radius 1 is 1.79 bits per heavy atom. The van der Waals surface area contributed by atoms with Gasteiger partial charge < -0.3 is 10.6 Å². The van der Waals surface area contributed by atoms with Crippen molar-refractivity contribution in [2.24, 2.45) is 5.73 Å². The largest absolute Gasteiger partial charge is 0.335 e. The summed E-state index contributed by atoms with van der Waals surface area (Å²) in [5, 5.41) is 0.816. The number of likely N-dealkylation sites (N-methyl/N-ethyl adjacent to an activating group) is 1. The van der Waals surface area contributed by atoms with Crippen LogP contribution >= 0.6 is 22.9 Å². The van der Waals surface area contributed by atoms with E-state index < -0.39 is 0 Å². The Hall–Kier alpha value is -0.650. The van der Waals surface area contributed by atoms with Gasteiger partial charge in [-0.25, -0.2) is 4.98 Å². The highest BCUT2D eigenvalue weighted by molar-refractivity contribution is 7.15. The minimum absolute atomic E-state index is 0.0637. The highest BCUT2D eigenvalue weighted by Gasteiger charge is 2.37. The number of aromatic nitrogens is 1. The van der Waals surface area contributed by atoms with Crippen molar-refractivity contribution in [2.45, 2.75) is 18.5 Å². The van der Waals surface area contributed by atoms with Crippen LogP contribution in [0.15, 0.2) is 6.20 Å². The number of thiazole rings is 1. The van der Waals surface area contributed by atoms with Gasteiger partial charge >= 0.3 is 0 Å². The van der Waals surface area contributed by atoms with Gasteiger partial charge in [0.2, 0.25) is 5.91 Å². The number of nitrogens with two attached hydrogens (primary N) is 1. The zero-order chi connectivity index (χ0) is 10.3. The van der Waals surface area contributed by atoms with Gasteiger partial charge in [0.1, 0.15) is 9.34 Å². The molecule has 0 saturated carbocycles. The fourth-order valence-corrected chi connectivity index (χ4v) is 2.80. The maximum Gasteiger partial charge on any atom is 0.224 e. The summed E-state index contributed by atoms with van der Waals surface area (Å²) in [7, 11) is 1.75. The Morgan fingerprint density at radius 2 is 2.50 bits per heavy atom. The third-order valence-corrected chi connectivity index (χ3v) is 3.56. The number of likely N-dealkylation sites (tertiary alicyclic amines) is 1. The van der Waals surface area contributed by atoms with Crippen LogP contribution in [-0.4, -0.2) is 28.9 Å². The van der Waals surface area contributed by atoms with E-state index in [2.05, 4.69) is 4.98 Å². The SMILES string of the molecule is CN1C(=O)CC(N)C1c1ncc(Cl)s1. The van der Waals surface area contributed by atoms with E-state index in [1.54, 1.807) is 18.1 Å². The molecule has 6 heteroatoms. The van der Waals surface area contributed by atoms with E-state index in [1.165, 1.54) is 11.3 Å². The lowest BCUT2D eigenvalue weighted by Crippen LogP contribution is -2.30. The molecule has 0 aliphatic carbocycles. The van der Waals surface area contributed by atoms with Gasteiger partial charge in [0, 0.05) is 19.5 Å². The average Bonchev–Trinajstić information content (AvgIpc) is 2.60. The van der Waals surface area contributed by atoms with Gasteiger partial charge in [0.25, 0.3) is 0 Å². The van der Waals surface area contributed by atoms with Crippen molar-refractivity contribution in [3.8, 4) is 0 Å². The summed E-state index contributed by atoms with van der Waals surface area (Å²) in [6, 6.07) is -0.283. The molecule has 4 nitrogen and oxygen atoms in total. The topological polar surface area (TPSA) is 59.2 Å². The third-order valence-electron chi connectivity index (χ3n) is 2.37. The van der Waals surface area contributed by atoms with Gasteiger partial charge in [-0.3, -0.25) is 4.79 Å². The molecule has 2 unspecified atom stereocenters. The van der Waals surface area contributed by atoms with Crippen molar-refractivity contribution in [1.29, 1.82) is 0 Å². The van der Waals surface area contributed by atoms with Crippen LogP contribution in [0.3, 0.4) is 0 Å². The molecule has 0 bridgehead atoms. The summed E-state index contributed by atoms with van der Waals surface area (Å²) >= 11 is 7.16. The molecule has 1 aromatic rings. The van der Waals surface area contributed by atoms with Gasteiger partial charge in [-0.2, -0.15) is 0 Å². The first kappa shape index (κ1) is 9.89. The van der Waals surface area contributed by atoms with Crippen LogP contribution in [0.5, 0.6) is 0 Å². The Kier molecular flexibility index (Phi) is 2.47. The van der Waals surface area contributed by atoms with Gasteiger partial charge in [-0.15, -0.1) is 11.3 Å². The van der Waals surface area contributed by atoms with E-state index in [9.17, 15) is 4.79 Å². The van der Waals surface area contributed by atoms with E-state index >= 15 is 0 Å². The van der Waals surface area contributed by atoms with E-state index in [-0.39, 0.29) is 18.0 Å². The quantitative estimate of drug-likeness (QED) is 0.785. The van der Waals surface area contributed by atoms with E-state index in [0.29, 0.717) is 10.8 Å². The second-order valence-corrected chi connectivity index (χ2v) is 5.01. The maximum atomic E-state index is 11.4. The van der Waals surface area contributed by atoms with Crippen molar-refractivity contribution < 1.29 is 4.79 Å². The van der Waals surface area contributed by atoms with Crippen molar-refractivity contribution >= 4 is 28.8 Å². The first-order valence-corrected chi connectivity index (χ1v) is 5.41. The molecular weight excluding hydrogens is 222 g/mol. The minimum atomic E-state index is -0.172.